The van der Waals surface area contributed by atoms with Crippen LogP contribution in [0.1, 0.15) is 45.1 Å². The molecule has 2 aromatic rings. The number of methoxy groups -OCH3 is 1. The van der Waals surface area contributed by atoms with Gasteiger partial charge in [-0.1, -0.05) is 50.6 Å². The van der Waals surface area contributed by atoms with E-state index >= 15 is 0 Å². The topological polar surface area (TPSA) is 171 Å². The number of aliphatic hydroxyl groups excluding tert-OH is 1. The molecule has 3 N–H and O–H groups in total. The second-order valence-electron chi connectivity index (χ2n) is 13.3. The van der Waals surface area contributed by atoms with Gasteiger partial charge in [0.05, 0.1) is 43.3 Å². The van der Waals surface area contributed by atoms with Crippen molar-refractivity contribution in [2.24, 2.45) is 11.3 Å². The van der Waals surface area contributed by atoms with Crippen LogP contribution in [0.25, 0.3) is 0 Å². The van der Waals surface area contributed by atoms with Crippen LogP contribution in [-0.2, 0) is 35.4 Å². The number of benzene rings is 2. The van der Waals surface area contributed by atoms with Crippen molar-refractivity contribution in [3.8, 4) is 11.5 Å². The van der Waals surface area contributed by atoms with Gasteiger partial charge in [-0.25, -0.2) is 18.0 Å². The zero-order valence-corrected chi connectivity index (χ0v) is 29.0. The van der Waals surface area contributed by atoms with Crippen LogP contribution in [0.5, 0.6) is 11.5 Å². The largest absolute Gasteiger partial charge is 0.454 e. The quantitative estimate of drug-likeness (QED) is 0.219. The van der Waals surface area contributed by atoms with E-state index in [1.807, 2.05) is 44.2 Å². The summed E-state index contributed by atoms with van der Waals surface area (Å²) in [6, 6.07) is 12.8. The van der Waals surface area contributed by atoms with Crippen LogP contribution in [0.2, 0.25) is 0 Å². The Kier molecular flexibility index (Phi) is 12.3. The average Bonchev–Trinajstić information content (AvgIpc) is 3.83. The summed E-state index contributed by atoms with van der Waals surface area (Å²) in [7, 11) is -2.87. The lowest BCUT2D eigenvalue weighted by Crippen LogP contribution is -2.52. The van der Waals surface area contributed by atoms with E-state index in [4.69, 9.17) is 23.7 Å². The normalized spacial score (nSPS) is 21.2. The van der Waals surface area contributed by atoms with Crippen molar-refractivity contribution in [1.82, 2.24) is 14.9 Å². The lowest BCUT2D eigenvalue weighted by atomic mass is 9.87. The molecule has 15 heteroatoms. The van der Waals surface area contributed by atoms with Gasteiger partial charge in [0.1, 0.15) is 6.10 Å². The molecule has 2 fully saturated rings. The van der Waals surface area contributed by atoms with Gasteiger partial charge in [0.2, 0.25) is 16.8 Å². The minimum absolute atomic E-state index is 0.0104. The molecule has 0 aromatic heterocycles. The molecular weight excluding hydrogens is 658 g/mol. The Morgan fingerprint density at radius 2 is 1.84 bits per heavy atom. The molecule has 14 nitrogen and oxygen atoms in total. The van der Waals surface area contributed by atoms with Crippen molar-refractivity contribution in [3.05, 3.63) is 54.1 Å². The molecule has 5 atom stereocenters. The van der Waals surface area contributed by atoms with Crippen molar-refractivity contribution < 1.29 is 51.5 Å². The Hall–Kier alpha value is -3.63. The minimum Gasteiger partial charge on any atom is -0.454 e. The fraction of sp³-hybridized carbons (Fsp3) is 0.588. The number of carbonyl (C=O) groups excluding carboxylic acids is 2. The van der Waals surface area contributed by atoms with E-state index in [-0.39, 0.29) is 43.7 Å². The number of hydrogen-bond acceptors (Lipinski definition) is 11. The Bertz CT molecular complexity index is 1520. The maximum absolute atomic E-state index is 14.3. The maximum atomic E-state index is 14.3. The van der Waals surface area contributed by atoms with Crippen molar-refractivity contribution in [1.29, 1.82) is 0 Å². The number of sulfonamides is 1. The Balaban J connectivity index is 1.34. The number of unbranched alkanes of at least 4 members (excludes halogenated alkanes) is 1. The SMILES string of the molecule is COC(=O)NCCCCC(C)(C)CN(C[C@@H](O)[C@H](Cc1ccccc1)NC(=O)O[C@H]1CO[C@H]2OCC[C@H]21)S(=O)(=O)c1ccc2c(c1)OCO2. The molecule has 0 unspecified atom stereocenters. The molecular formula is C34H47N3O11S. The monoisotopic (exact) mass is 705 g/mol. The van der Waals surface area contributed by atoms with E-state index in [0.29, 0.717) is 50.3 Å². The van der Waals surface area contributed by atoms with Crippen LogP contribution in [0, 0.1) is 11.3 Å². The lowest BCUT2D eigenvalue weighted by molar-refractivity contribution is -0.0907. The van der Waals surface area contributed by atoms with E-state index in [9.17, 15) is 23.1 Å². The third-order valence-electron chi connectivity index (χ3n) is 9.02. The van der Waals surface area contributed by atoms with Crippen LogP contribution in [0.4, 0.5) is 9.59 Å². The number of rotatable bonds is 16. The second kappa shape index (κ2) is 16.4. The van der Waals surface area contributed by atoms with E-state index in [0.717, 1.165) is 5.56 Å². The molecule has 49 heavy (non-hydrogen) atoms. The highest BCUT2D eigenvalue weighted by atomic mass is 32.2. The predicted molar refractivity (Wildman–Crippen MR) is 177 cm³/mol. The first kappa shape index (κ1) is 36.6. The third-order valence-corrected chi connectivity index (χ3v) is 10.8. The summed E-state index contributed by atoms with van der Waals surface area (Å²) in [6.45, 7) is 4.81. The van der Waals surface area contributed by atoms with Crippen LogP contribution in [0.3, 0.4) is 0 Å². The number of ether oxygens (including phenoxy) is 6. The second-order valence-corrected chi connectivity index (χ2v) is 15.3. The molecule has 0 saturated carbocycles. The van der Waals surface area contributed by atoms with Gasteiger partial charge in [-0.3, -0.25) is 0 Å². The van der Waals surface area contributed by atoms with Crippen LogP contribution in [-0.4, -0.2) is 101 Å². The van der Waals surface area contributed by atoms with Gasteiger partial charge in [-0.05, 0) is 48.8 Å². The molecule has 2 aromatic carbocycles. The molecule has 270 valence electrons. The summed E-state index contributed by atoms with van der Waals surface area (Å²) in [5.74, 6) is 0.695. The van der Waals surface area contributed by atoms with Gasteiger partial charge in [0.25, 0.3) is 0 Å². The first-order valence-electron chi connectivity index (χ1n) is 16.6. The maximum Gasteiger partial charge on any atom is 0.407 e. The van der Waals surface area contributed by atoms with E-state index in [1.54, 1.807) is 6.07 Å². The van der Waals surface area contributed by atoms with Crippen LogP contribution in [0.15, 0.2) is 53.4 Å². The number of amides is 2. The molecule has 0 aliphatic carbocycles. The summed E-state index contributed by atoms with van der Waals surface area (Å²) in [5.41, 5.74) is 0.310. The third kappa shape index (κ3) is 9.75. The first-order chi connectivity index (χ1) is 23.4. The summed E-state index contributed by atoms with van der Waals surface area (Å²) in [5, 5.41) is 17.2. The van der Waals surface area contributed by atoms with Gasteiger partial charge in [-0.15, -0.1) is 0 Å². The number of alkyl carbamates (subject to hydrolysis) is 2. The van der Waals surface area contributed by atoms with Crippen molar-refractivity contribution >= 4 is 22.2 Å². The molecule has 2 amide bonds. The Morgan fingerprint density at radius 3 is 2.61 bits per heavy atom. The molecule has 0 bridgehead atoms. The summed E-state index contributed by atoms with van der Waals surface area (Å²) in [4.78, 5) is 24.6. The number of hydrogen-bond donors (Lipinski definition) is 3. The highest BCUT2D eigenvalue weighted by Crippen LogP contribution is 2.36. The number of fused-ring (bicyclic) bond motifs is 2. The number of carbonyl (C=O) groups is 2. The fourth-order valence-corrected chi connectivity index (χ4v) is 8.00. The Morgan fingerprint density at radius 1 is 1.06 bits per heavy atom. The minimum atomic E-state index is -4.17. The standard InChI is InChI=1S/C34H47N3O11S/c1-34(2,14-7-8-15-35-32(39)43-3)21-37(49(41,42)24-11-12-28-29(18-24)47-22-46-28)19-27(38)26(17-23-9-5-4-6-10-23)36-33(40)48-30-20-45-31-25(30)13-16-44-31/h4-6,9-12,18,25-27,30-31,38H,7-8,13-17,19-22H2,1-3H3,(H,35,39)(H,36,40)/t25-,26-,27+,30-,31+/m0/s1. The van der Waals surface area contributed by atoms with Crippen molar-refractivity contribution in [2.75, 3.05) is 46.8 Å². The highest BCUT2D eigenvalue weighted by Gasteiger charge is 2.44. The molecule has 0 spiro atoms. The zero-order valence-electron chi connectivity index (χ0n) is 28.2. The van der Waals surface area contributed by atoms with Gasteiger partial charge in [0.15, 0.2) is 17.8 Å². The van der Waals surface area contributed by atoms with Crippen molar-refractivity contribution in [3.63, 3.8) is 0 Å². The molecule has 5 rings (SSSR count). The van der Waals surface area contributed by atoms with E-state index in [1.165, 1.54) is 23.5 Å². The molecule has 3 heterocycles. The highest BCUT2D eigenvalue weighted by molar-refractivity contribution is 7.89. The van der Waals surface area contributed by atoms with Gasteiger partial charge >= 0.3 is 12.2 Å². The molecule has 3 aliphatic rings. The number of nitrogens with zero attached hydrogens (tertiary/aromatic N) is 1. The summed E-state index contributed by atoms with van der Waals surface area (Å²) in [6.07, 6.45) is -0.506. The van der Waals surface area contributed by atoms with Crippen LogP contribution >= 0.6 is 0 Å². The van der Waals surface area contributed by atoms with E-state index < -0.39 is 52.2 Å². The van der Waals surface area contributed by atoms with Gasteiger partial charge < -0.3 is 44.2 Å². The fourth-order valence-electron chi connectivity index (χ4n) is 6.34. The predicted octanol–water partition coefficient (Wildman–Crippen LogP) is 3.42. The summed E-state index contributed by atoms with van der Waals surface area (Å²) < 4.78 is 62.2. The first-order valence-corrected chi connectivity index (χ1v) is 18.0. The molecule has 0 radical (unpaired) electrons. The Labute approximate surface area is 287 Å². The van der Waals surface area contributed by atoms with Crippen LogP contribution < -0.4 is 20.1 Å². The van der Waals surface area contributed by atoms with Gasteiger partial charge in [0, 0.05) is 25.7 Å². The van der Waals surface area contributed by atoms with E-state index in [2.05, 4.69) is 15.4 Å². The summed E-state index contributed by atoms with van der Waals surface area (Å²) >= 11 is 0. The van der Waals surface area contributed by atoms with Gasteiger partial charge in [-0.2, -0.15) is 4.31 Å². The number of nitrogens with one attached hydrogen (secondary N) is 2. The smallest absolute Gasteiger partial charge is 0.407 e. The lowest BCUT2D eigenvalue weighted by Gasteiger charge is -2.35. The molecule has 3 aliphatic heterocycles. The zero-order chi connectivity index (χ0) is 35.0. The average molecular weight is 706 g/mol. The van der Waals surface area contributed by atoms with Crippen molar-refractivity contribution in [2.45, 2.75) is 75.4 Å². The molecule has 2 saturated heterocycles. The number of aliphatic hydroxyl groups is 1.